The number of hydrogen-bond acceptors (Lipinski definition) is 6. The van der Waals surface area contributed by atoms with Crippen LogP contribution in [0, 0.1) is 24.1 Å². The maximum Gasteiger partial charge on any atom is 0.343 e. The van der Waals surface area contributed by atoms with Gasteiger partial charge in [0.1, 0.15) is 22.7 Å². The van der Waals surface area contributed by atoms with Crippen molar-refractivity contribution in [2.24, 2.45) is 0 Å². The van der Waals surface area contributed by atoms with Crippen molar-refractivity contribution < 1.29 is 38.6 Å². The third kappa shape index (κ3) is 5.61. The van der Waals surface area contributed by atoms with Crippen molar-refractivity contribution in [3.8, 4) is 22.6 Å². The topological polar surface area (TPSA) is 149 Å². The van der Waals surface area contributed by atoms with Crippen LogP contribution in [0.15, 0.2) is 59.4 Å². The lowest BCUT2D eigenvalue weighted by atomic mass is 10.1. The van der Waals surface area contributed by atoms with E-state index in [9.17, 15) is 9.90 Å². The van der Waals surface area contributed by atoms with Crippen molar-refractivity contribution in [2.75, 3.05) is 0 Å². The van der Waals surface area contributed by atoms with E-state index < -0.39 is 10.2 Å². The van der Waals surface area contributed by atoms with E-state index in [1.165, 1.54) is 0 Å². The minimum absolute atomic E-state index is 0.101. The lowest BCUT2D eigenvalue weighted by molar-refractivity contribution is -2.00. The molecule has 3 aromatic rings. The molecule has 1 aromatic heterocycles. The summed E-state index contributed by atoms with van der Waals surface area (Å²) in [7, 11) is -4.94. The maximum absolute atomic E-state index is 12.4. The molecule has 0 fully saturated rings. The second-order valence-electron chi connectivity index (χ2n) is 5.60. The van der Waals surface area contributed by atoms with Gasteiger partial charge in [0.25, 0.3) is 5.82 Å². The van der Waals surface area contributed by atoms with Gasteiger partial charge in [-0.25, -0.2) is 33.0 Å². The quantitative estimate of drug-likeness (QED) is 0.476. The summed E-state index contributed by atoms with van der Waals surface area (Å²) in [5.41, 5.74) is 3.18. The molecule has 0 spiro atoms. The Kier molecular flexibility index (Phi) is 6.32. The maximum atomic E-state index is 12.4. The van der Waals surface area contributed by atoms with Crippen LogP contribution < -0.4 is 28.8 Å². The molecular formula is C18H17ClN2O6. The van der Waals surface area contributed by atoms with Crippen LogP contribution in [0.2, 0.25) is 0 Å². The number of rotatable bonds is 2. The number of nitrogens with zero attached hydrogens (tertiary/aromatic N) is 1. The van der Waals surface area contributed by atoms with Crippen molar-refractivity contribution >= 4 is 0 Å². The molecule has 0 amide bonds. The van der Waals surface area contributed by atoms with Crippen LogP contribution in [-0.4, -0.2) is 10.1 Å². The minimum atomic E-state index is -4.94. The number of benzene rings is 2. The van der Waals surface area contributed by atoms with E-state index in [0.29, 0.717) is 5.56 Å². The van der Waals surface area contributed by atoms with Gasteiger partial charge in [-0.2, -0.15) is 0 Å². The molecule has 0 atom stereocenters. The molecule has 0 saturated carbocycles. The molecule has 3 rings (SSSR count). The molecule has 0 saturated heterocycles. The van der Waals surface area contributed by atoms with Crippen LogP contribution in [0.25, 0.3) is 16.8 Å². The fourth-order valence-electron chi connectivity index (χ4n) is 2.74. The van der Waals surface area contributed by atoms with Crippen molar-refractivity contribution in [1.82, 2.24) is 4.98 Å². The van der Waals surface area contributed by atoms with Crippen LogP contribution in [0.4, 0.5) is 0 Å². The van der Waals surface area contributed by atoms with Crippen LogP contribution in [-0.2, 0) is 0 Å². The zero-order chi connectivity index (χ0) is 20.2. The van der Waals surface area contributed by atoms with Gasteiger partial charge in [-0.1, -0.05) is 30.3 Å². The fraction of sp³-hybridized carbons (Fsp3) is 0.111. The number of aromatic amines is 1. The number of phenols is 1. The van der Waals surface area contributed by atoms with Crippen molar-refractivity contribution in [2.45, 2.75) is 13.8 Å². The molecule has 142 valence electrons. The van der Waals surface area contributed by atoms with E-state index in [2.05, 4.69) is 4.98 Å². The second kappa shape index (κ2) is 8.30. The van der Waals surface area contributed by atoms with E-state index in [4.69, 9.17) is 18.6 Å². The molecule has 0 radical (unpaired) electrons. The SMILES string of the molecule is Cc1[nH]c(=O)c(-c2ccccc2)c(C)[n+]1-c1ccc(O)cc1.[O-][Cl+3]([O-])([O-])[O-]. The number of halogens is 1. The Bertz CT molecular complexity index is 960. The lowest BCUT2D eigenvalue weighted by Crippen LogP contribution is -2.68. The first-order chi connectivity index (χ1) is 12.6. The van der Waals surface area contributed by atoms with Gasteiger partial charge < -0.3 is 5.11 Å². The highest BCUT2D eigenvalue weighted by Gasteiger charge is 2.20. The predicted octanol–water partition coefficient (Wildman–Crippen LogP) is -2.11. The molecule has 0 aliphatic rings. The summed E-state index contributed by atoms with van der Waals surface area (Å²) in [6.07, 6.45) is 0. The zero-order valence-electron chi connectivity index (χ0n) is 14.5. The summed E-state index contributed by atoms with van der Waals surface area (Å²) < 4.78 is 35.9. The van der Waals surface area contributed by atoms with Gasteiger partial charge in [0.15, 0.2) is 0 Å². The first-order valence-corrected chi connectivity index (χ1v) is 8.93. The number of nitrogens with one attached hydrogen (secondary N) is 1. The number of aryl methyl sites for hydroxylation is 1. The average molecular weight is 393 g/mol. The Morgan fingerprint density at radius 3 is 1.96 bits per heavy atom. The van der Waals surface area contributed by atoms with E-state index in [0.717, 1.165) is 22.8 Å². The summed E-state index contributed by atoms with van der Waals surface area (Å²) in [6.45, 7) is 3.79. The van der Waals surface area contributed by atoms with Crippen molar-refractivity contribution in [3.63, 3.8) is 0 Å². The highest BCUT2D eigenvalue weighted by molar-refractivity contribution is 5.63. The smallest absolute Gasteiger partial charge is 0.343 e. The van der Waals surface area contributed by atoms with Gasteiger partial charge in [0.2, 0.25) is 0 Å². The van der Waals surface area contributed by atoms with Gasteiger partial charge >= 0.3 is 5.56 Å². The van der Waals surface area contributed by atoms with Crippen molar-refractivity contribution in [3.05, 3.63) is 76.5 Å². The molecule has 27 heavy (non-hydrogen) atoms. The summed E-state index contributed by atoms with van der Waals surface area (Å²) in [5.74, 6) is 0.959. The zero-order valence-corrected chi connectivity index (χ0v) is 15.3. The molecule has 9 heteroatoms. The number of aromatic nitrogens is 2. The molecule has 0 bridgehead atoms. The lowest BCUT2D eigenvalue weighted by Gasteiger charge is -2.17. The van der Waals surface area contributed by atoms with E-state index >= 15 is 0 Å². The standard InChI is InChI=1S/C18H16N2O2.ClHO4/c1-12-17(14-6-4-3-5-7-14)18(22)19-13(2)20(12)15-8-10-16(21)11-9-15;2-1(3,4)5/h3-11,21H,1-2H3;(H,2,3,4,5). The van der Waals surface area contributed by atoms with Gasteiger partial charge in [-0.3, -0.25) is 0 Å². The monoisotopic (exact) mass is 392 g/mol. The van der Waals surface area contributed by atoms with Crippen molar-refractivity contribution in [1.29, 1.82) is 0 Å². The Hall–Kier alpha value is -2.75. The van der Waals surface area contributed by atoms with Gasteiger partial charge in [-0.15, -0.1) is 10.2 Å². The van der Waals surface area contributed by atoms with Gasteiger partial charge in [0, 0.05) is 6.92 Å². The Balaban J connectivity index is 0.000000465. The summed E-state index contributed by atoms with van der Waals surface area (Å²) in [4.78, 5) is 15.3. The average Bonchev–Trinajstić information content (AvgIpc) is 2.55. The second-order valence-corrected chi connectivity index (χ2v) is 6.35. The third-order valence-corrected chi connectivity index (χ3v) is 3.72. The van der Waals surface area contributed by atoms with Gasteiger partial charge in [-0.05, 0) is 36.8 Å². The Morgan fingerprint density at radius 1 is 0.926 bits per heavy atom. The molecular weight excluding hydrogens is 376 g/mol. The molecule has 0 aliphatic carbocycles. The van der Waals surface area contributed by atoms with Crippen LogP contribution in [0.3, 0.4) is 0 Å². The number of H-pyrrole nitrogens is 1. The highest BCUT2D eigenvalue weighted by Crippen LogP contribution is 2.18. The molecule has 2 aromatic carbocycles. The normalized spacial score (nSPS) is 10.9. The van der Waals surface area contributed by atoms with E-state index in [1.807, 2.05) is 60.9 Å². The third-order valence-electron chi connectivity index (χ3n) is 3.72. The number of phenolic OH excluding ortho intramolecular Hbond substituents is 1. The van der Waals surface area contributed by atoms with Gasteiger partial charge in [0.05, 0.1) is 0 Å². The van der Waals surface area contributed by atoms with E-state index in [-0.39, 0.29) is 11.3 Å². The molecule has 2 N–H and O–H groups in total. The Morgan fingerprint density at radius 2 is 1.44 bits per heavy atom. The molecule has 0 unspecified atom stereocenters. The Labute approximate surface area is 157 Å². The molecule has 1 heterocycles. The van der Waals surface area contributed by atoms with Crippen LogP contribution in [0.5, 0.6) is 5.75 Å². The summed E-state index contributed by atoms with van der Waals surface area (Å²) in [6, 6.07) is 16.5. The number of aromatic hydroxyl groups is 1. The highest BCUT2D eigenvalue weighted by atomic mass is 35.7. The van der Waals surface area contributed by atoms with Crippen LogP contribution in [0.1, 0.15) is 11.5 Å². The first kappa shape index (κ1) is 20.6. The fourth-order valence-corrected chi connectivity index (χ4v) is 2.74. The minimum Gasteiger partial charge on any atom is -0.508 e. The number of hydrogen-bond donors (Lipinski definition) is 2. The first-order valence-electron chi connectivity index (χ1n) is 7.70. The molecule has 8 nitrogen and oxygen atoms in total. The predicted molar refractivity (Wildman–Crippen MR) is 85.2 cm³/mol. The van der Waals surface area contributed by atoms with Crippen LogP contribution >= 0.6 is 0 Å². The summed E-state index contributed by atoms with van der Waals surface area (Å²) in [5, 5.41) is 9.45. The van der Waals surface area contributed by atoms with E-state index in [1.54, 1.807) is 12.1 Å². The largest absolute Gasteiger partial charge is 0.508 e. The summed E-state index contributed by atoms with van der Waals surface area (Å²) >= 11 is 0. The molecule has 0 aliphatic heterocycles.